The normalized spacial score (nSPS) is 14.7. The van der Waals surface area contributed by atoms with Gasteiger partial charge in [-0.05, 0) is 68.8 Å². The number of methoxy groups -OCH3 is 1. The average molecular weight is 477 g/mol. The van der Waals surface area contributed by atoms with Crippen LogP contribution < -0.4 is 5.32 Å². The lowest BCUT2D eigenvalue weighted by Gasteiger charge is -2.31. The Hall–Kier alpha value is -2.96. The van der Waals surface area contributed by atoms with Crippen molar-refractivity contribution in [3.8, 4) is 11.1 Å². The summed E-state index contributed by atoms with van der Waals surface area (Å²) in [6.07, 6.45) is 3.27. The molecular weight excluding hydrogens is 444 g/mol. The standard InChI is InChI=1S/C28H32N2O3S/c1-19-9-10-20(2)23(15-19)24-18-34-27(26(24)28(32)33-3)29-25(31)17-30-13-11-22(12-14-30)16-21-7-5-4-6-8-21/h4-10,15,18,22H,11-14,16-17H2,1-3H3,(H,29,31). The van der Waals surface area contributed by atoms with Crippen molar-refractivity contribution in [2.75, 3.05) is 32.1 Å². The van der Waals surface area contributed by atoms with E-state index in [1.54, 1.807) is 0 Å². The summed E-state index contributed by atoms with van der Waals surface area (Å²) in [5.41, 5.74) is 5.78. The molecular formula is C28H32N2O3S. The van der Waals surface area contributed by atoms with Gasteiger partial charge in [-0.3, -0.25) is 9.69 Å². The number of piperidine rings is 1. The molecule has 0 radical (unpaired) electrons. The van der Waals surface area contributed by atoms with Gasteiger partial charge in [0.2, 0.25) is 5.91 Å². The summed E-state index contributed by atoms with van der Waals surface area (Å²) in [7, 11) is 1.37. The second kappa shape index (κ2) is 11.0. The Morgan fingerprint density at radius 2 is 1.79 bits per heavy atom. The number of hydrogen-bond acceptors (Lipinski definition) is 5. The van der Waals surface area contributed by atoms with Crippen molar-refractivity contribution in [1.82, 2.24) is 4.90 Å². The molecule has 34 heavy (non-hydrogen) atoms. The van der Waals surface area contributed by atoms with Crippen LogP contribution in [-0.4, -0.2) is 43.5 Å². The van der Waals surface area contributed by atoms with E-state index in [2.05, 4.69) is 52.7 Å². The Morgan fingerprint density at radius 1 is 1.06 bits per heavy atom. The van der Waals surface area contributed by atoms with Gasteiger partial charge >= 0.3 is 5.97 Å². The number of aryl methyl sites for hydroxylation is 2. The molecule has 1 aliphatic heterocycles. The van der Waals surface area contributed by atoms with Crippen LogP contribution in [0.3, 0.4) is 0 Å². The molecule has 0 aliphatic carbocycles. The summed E-state index contributed by atoms with van der Waals surface area (Å²) in [4.78, 5) is 27.8. The fourth-order valence-corrected chi connectivity index (χ4v) is 5.61. The number of likely N-dealkylation sites (tertiary alicyclic amines) is 1. The van der Waals surface area contributed by atoms with E-state index >= 15 is 0 Å². The van der Waals surface area contributed by atoms with Gasteiger partial charge in [-0.15, -0.1) is 11.3 Å². The molecule has 3 aromatic rings. The number of nitrogens with zero attached hydrogens (tertiary/aromatic N) is 1. The topological polar surface area (TPSA) is 58.6 Å². The number of thiophene rings is 1. The molecule has 1 aromatic heterocycles. The first-order valence-corrected chi connectivity index (χ1v) is 12.7. The second-order valence-corrected chi connectivity index (χ2v) is 10.0. The Kier molecular flexibility index (Phi) is 7.80. The summed E-state index contributed by atoms with van der Waals surface area (Å²) in [6, 6.07) is 16.8. The predicted molar refractivity (Wildman–Crippen MR) is 139 cm³/mol. The van der Waals surface area contributed by atoms with Gasteiger partial charge in [0, 0.05) is 10.9 Å². The number of nitrogens with one attached hydrogen (secondary N) is 1. The molecule has 0 spiro atoms. The van der Waals surface area contributed by atoms with E-state index in [1.807, 2.05) is 25.3 Å². The molecule has 2 aromatic carbocycles. The van der Waals surface area contributed by atoms with Gasteiger partial charge in [0.25, 0.3) is 0 Å². The van der Waals surface area contributed by atoms with E-state index < -0.39 is 5.97 Å². The number of benzene rings is 2. The van der Waals surface area contributed by atoms with Crippen molar-refractivity contribution >= 4 is 28.2 Å². The third-order valence-corrected chi connectivity index (χ3v) is 7.45. The monoisotopic (exact) mass is 476 g/mol. The molecule has 4 rings (SSSR count). The smallest absolute Gasteiger partial charge is 0.341 e. The molecule has 0 saturated carbocycles. The highest BCUT2D eigenvalue weighted by Gasteiger charge is 2.25. The molecule has 1 amide bonds. The summed E-state index contributed by atoms with van der Waals surface area (Å²) in [5.74, 6) is 0.125. The summed E-state index contributed by atoms with van der Waals surface area (Å²) < 4.78 is 5.07. The quantitative estimate of drug-likeness (QED) is 0.444. The van der Waals surface area contributed by atoms with Crippen molar-refractivity contribution in [2.45, 2.75) is 33.1 Å². The van der Waals surface area contributed by atoms with Gasteiger partial charge in [-0.25, -0.2) is 4.79 Å². The fraction of sp³-hybridized carbons (Fsp3) is 0.357. The number of carbonyl (C=O) groups is 2. The highest BCUT2D eigenvalue weighted by molar-refractivity contribution is 7.15. The van der Waals surface area contributed by atoms with E-state index in [0.29, 0.717) is 23.0 Å². The van der Waals surface area contributed by atoms with Crippen LogP contribution in [0.1, 0.15) is 39.9 Å². The SMILES string of the molecule is COC(=O)c1c(-c2cc(C)ccc2C)csc1NC(=O)CN1CCC(Cc2ccccc2)CC1. The summed E-state index contributed by atoms with van der Waals surface area (Å²) in [6.45, 7) is 6.20. The first-order chi connectivity index (χ1) is 16.4. The molecule has 1 fully saturated rings. The van der Waals surface area contributed by atoms with Crippen LogP contribution in [0.2, 0.25) is 0 Å². The van der Waals surface area contributed by atoms with Gasteiger partial charge < -0.3 is 10.1 Å². The Labute approximate surface area is 205 Å². The Balaban J connectivity index is 1.40. The lowest BCUT2D eigenvalue weighted by molar-refractivity contribution is -0.117. The number of anilines is 1. The molecule has 0 atom stereocenters. The number of carbonyl (C=O) groups excluding carboxylic acids is 2. The second-order valence-electron chi connectivity index (χ2n) is 9.12. The largest absolute Gasteiger partial charge is 0.465 e. The number of amides is 1. The molecule has 178 valence electrons. The molecule has 0 bridgehead atoms. The maximum absolute atomic E-state index is 12.9. The third-order valence-electron chi connectivity index (χ3n) is 6.56. The van der Waals surface area contributed by atoms with Crippen LogP contribution in [0.15, 0.2) is 53.9 Å². The minimum atomic E-state index is -0.436. The first kappa shape index (κ1) is 24.2. The summed E-state index contributed by atoms with van der Waals surface area (Å²) in [5, 5.41) is 5.46. The van der Waals surface area contributed by atoms with Gasteiger partial charge in [0.1, 0.15) is 10.6 Å². The molecule has 1 N–H and O–H groups in total. The van der Waals surface area contributed by atoms with E-state index in [9.17, 15) is 9.59 Å². The molecule has 0 unspecified atom stereocenters. The molecule has 1 aliphatic rings. The van der Waals surface area contributed by atoms with Crippen molar-refractivity contribution in [1.29, 1.82) is 0 Å². The van der Waals surface area contributed by atoms with E-state index in [4.69, 9.17) is 4.74 Å². The number of esters is 1. The van der Waals surface area contributed by atoms with Crippen LogP contribution in [0, 0.1) is 19.8 Å². The lowest BCUT2D eigenvalue weighted by Crippen LogP contribution is -2.39. The predicted octanol–water partition coefficient (Wildman–Crippen LogP) is 5.71. The van der Waals surface area contributed by atoms with Gasteiger partial charge in [-0.1, -0.05) is 54.1 Å². The molecule has 1 saturated heterocycles. The number of rotatable bonds is 7. The van der Waals surface area contributed by atoms with Crippen LogP contribution in [0.25, 0.3) is 11.1 Å². The van der Waals surface area contributed by atoms with Gasteiger partial charge in [0.15, 0.2) is 0 Å². The van der Waals surface area contributed by atoms with Crippen molar-refractivity contribution < 1.29 is 14.3 Å². The van der Waals surface area contributed by atoms with E-state index in [0.717, 1.165) is 54.6 Å². The minimum absolute atomic E-state index is 0.0963. The average Bonchev–Trinajstić information content (AvgIpc) is 3.25. The highest BCUT2D eigenvalue weighted by atomic mass is 32.1. The van der Waals surface area contributed by atoms with Crippen molar-refractivity contribution in [2.24, 2.45) is 5.92 Å². The van der Waals surface area contributed by atoms with Crippen molar-refractivity contribution in [3.63, 3.8) is 0 Å². The fourth-order valence-electron chi connectivity index (χ4n) is 4.64. The van der Waals surface area contributed by atoms with Crippen LogP contribution >= 0.6 is 11.3 Å². The first-order valence-electron chi connectivity index (χ1n) is 11.8. The number of ether oxygens (including phenoxy) is 1. The molecule has 2 heterocycles. The third kappa shape index (κ3) is 5.75. The summed E-state index contributed by atoms with van der Waals surface area (Å²) >= 11 is 1.37. The minimum Gasteiger partial charge on any atom is -0.465 e. The zero-order valence-electron chi connectivity index (χ0n) is 20.1. The zero-order chi connectivity index (χ0) is 24.1. The lowest BCUT2D eigenvalue weighted by atomic mass is 9.90. The number of hydrogen-bond donors (Lipinski definition) is 1. The molecule has 6 heteroatoms. The maximum atomic E-state index is 12.9. The van der Waals surface area contributed by atoms with Gasteiger partial charge in [0.05, 0.1) is 13.7 Å². The van der Waals surface area contributed by atoms with Crippen LogP contribution in [0.4, 0.5) is 5.00 Å². The Morgan fingerprint density at radius 3 is 2.50 bits per heavy atom. The highest BCUT2D eigenvalue weighted by Crippen LogP contribution is 2.38. The Bertz CT molecular complexity index is 1150. The van der Waals surface area contributed by atoms with Gasteiger partial charge in [-0.2, -0.15) is 0 Å². The molecule has 5 nitrogen and oxygen atoms in total. The zero-order valence-corrected chi connectivity index (χ0v) is 20.9. The van der Waals surface area contributed by atoms with Crippen molar-refractivity contribution in [3.05, 3.63) is 76.2 Å². The van der Waals surface area contributed by atoms with E-state index in [-0.39, 0.29) is 5.91 Å². The van der Waals surface area contributed by atoms with E-state index in [1.165, 1.54) is 24.0 Å². The maximum Gasteiger partial charge on any atom is 0.341 e. The van der Waals surface area contributed by atoms with Crippen LogP contribution in [-0.2, 0) is 16.0 Å². The van der Waals surface area contributed by atoms with Crippen LogP contribution in [0.5, 0.6) is 0 Å².